The van der Waals surface area contributed by atoms with Gasteiger partial charge < -0.3 is 16.4 Å². The van der Waals surface area contributed by atoms with Gasteiger partial charge in [0.2, 0.25) is 5.91 Å². The van der Waals surface area contributed by atoms with Crippen LogP contribution in [0.3, 0.4) is 0 Å². The number of rotatable bonds is 3. The van der Waals surface area contributed by atoms with E-state index in [0.717, 1.165) is 50.4 Å². The number of nitrogens with zero attached hydrogens (tertiary/aromatic N) is 3. The fraction of sp³-hybridized carbons (Fsp3) is 0.615. The first-order chi connectivity index (χ1) is 9.13. The lowest BCUT2D eigenvalue weighted by Crippen LogP contribution is -2.39. The van der Waals surface area contributed by atoms with E-state index >= 15 is 0 Å². The van der Waals surface area contributed by atoms with Gasteiger partial charge in [-0.3, -0.25) is 4.79 Å². The lowest BCUT2D eigenvalue weighted by atomic mass is 9.96. The van der Waals surface area contributed by atoms with E-state index in [0.29, 0.717) is 11.7 Å². The molecule has 6 nitrogen and oxygen atoms in total. The number of carbonyl (C=O) groups excluding carboxylic acids is 1. The Hall–Kier alpha value is -1.85. The maximum Gasteiger partial charge on any atom is 0.220 e. The number of piperidine rings is 1. The number of primary amides is 1. The van der Waals surface area contributed by atoms with E-state index < -0.39 is 0 Å². The molecule has 1 aromatic heterocycles. The minimum atomic E-state index is -0.194. The molecule has 2 heterocycles. The molecule has 0 bridgehead atoms. The molecule has 0 spiro atoms. The van der Waals surface area contributed by atoms with Gasteiger partial charge >= 0.3 is 0 Å². The van der Waals surface area contributed by atoms with Gasteiger partial charge in [-0.15, -0.1) is 0 Å². The molecule has 1 amide bonds. The Kier molecular flexibility index (Phi) is 3.00. The van der Waals surface area contributed by atoms with Crippen LogP contribution in [0.5, 0.6) is 0 Å². The first kappa shape index (κ1) is 12.2. The maximum absolute atomic E-state index is 11.2. The van der Waals surface area contributed by atoms with Crippen molar-refractivity contribution < 1.29 is 4.79 Å². The summed E-state index contributed by atoms with van der Waals surface area (Å²) in [6, 6.07) is 1.82. The summed E-state index contributed by atoms with van der Waals surface area (Å²) < 4.78 is 0. The molecule has 1 aliphatic heterocycles. The molecule has 4 N–H and O–H groups in total. The van der Waals surface area contributed by atoms with Crippen molar-refractivity contribution in [2.75, 3.05) is 23.7 Å². The first-order valence-electron chi connectivity index (χ1n) is 6.82. The molecule has 0 radical (unpaired) electrons. The molecule has 2 fully saturated rings. The van der Waals surface area contributed by atoms with Crippen molar-refractivity contribution in [3.63, 3.8) is 0 Å². The molecule has 0 unspecified atom stereocenters. The van der Waals surface area contributed by atoms with Crippen molar-refractivity contribution in [2.24, 2.45) is 11.7 Å². The van der Waals surface area contributed by atoms with Crippen molar-refractivity contribution in [1.29, 1.82) is 0 Å². The topological polar surface area (TPSA) is 98.1 Å². The summed E-state index contributed by atoms with van der Waals surface area (Å²) in [4.78, 5) is 22.2. The minimum Gasteiger partial charge on any atom is -0.384 e. The molecule has 6 heteroatoms. The van der Waals surface area contributed by atoms with E-state index in [-0.39, 0.29) is 11.8 Å². The van der Waals surface area contributed by atoms with E-state index in [9.17, 15) is 4.79 Å². The Morgan fingerprint density at radius 1 is 1.21 bits per heavy atom. The van der Waals surface area contributed by atoms with E-state index in [1.807, 2.05) is 6.07 Å². The fourth-order valence-corrected chi connectivity index (χ4v) is 2.55. The molecule has 1 saturated carbocycles. The molecule has 0 aromatic carbocycles. The third kappa shape index (κ3) is 2.62. The molecule has 19 heavy (non-hydrogen) atoms. The van der Waals surface area contributed by atoms with Gasteiger partial charge in [0, 0.05) is 31.0 Å². The van der Waals surface area contributed by atoms with Crippen LogP contribution in [0.2, 0.25) is 0 Å². The maximum atomic E-state index is 11.2. The zero-order valence-electron chi connectivity index (χ0n) is 10.9. The lowest BCUT2D eigenvalue weighted by molar-refractivity contribution is -0.122. The number of nitrogen functional groups attached to an aromatic ring is 1. The van der Waals surface area contributed by atoms with Crippen LogP contribution in [0, 0.1) is 5.92 Å². The zero-order valence-corrected chi connectivity index (χ0v) is 10.9. The third-order valence-electron chi connectivity index (χ3n) is 3.91. The normalized spacial score (nSPS) is 20.5. The van der Waals surface area contributed by atoms with Gasteiger partial charge in [-0.1, -0.05) is 0 Å². The standard InChI is InChI=1S/C13H19N5O/c14-10-7-11(17-13(16-10)9-1-2-9)18-5-3-8(4-6-18)12(15)19/h7-9H,1-6H2,(H2,15,19)(H2,14,16,17). The average Bonchev–Trinajstić information content (AvgIpc) is 3.22. The summed E-state index contributed by atoms with van der Waals surface area (Å²) in [6.07, 6.45) is 3.90. The molecule has 1 aliphatic carbocycles. The fourth-order valence-electron chi connectivity index (χ4n) is 2.55. The predicted molar refractivity (Wildman–Crippen MR) is 72.6 cm³/mol. The van der Waals surface area contributed by atoms with E-state index in [1.54, 1.807) is 0 Å². The summed E-state index contributed by atoms with van der Waals surface area (Å²) in [7, 11) is 0. The van der Waals surface area contributed by atoms with Crippen LogP contribution >= 0.6 is 0 Å². The van der Waals surface area contributed by atoms with Crippen LogP contribution in [0.1, 0.15) is 37.4 Å². The lowest BCUT2D eigenvalue weighted by Gasteiger charge is -2.31. The van der Waals surface area contributed by atoms with Crippen LogP contribution in [0.25, 0.3) is 0 Å². The van der Waals surface area contributed by atoms with Crippen LogP contribution in [0.15, 0.2) is 6.07 Å². The Balaban J connectivity index is 1.74. The van der Waals surface area contributed by atoms with Crippen LogP contribution in [-0.4, -0.2) is 29.0 Å². The first-order valence-corrected chi connectivity index (χ1v) is 6.82. The van der Waals surface area contributed by atoms with E-state index in [2.05, 4.69) is 14.9 Å². The predicted octanol–water partition coefficient (Wildman–Crippen LogP) is 0.638. The molecule has 102 valence electrons. The second-order valence-corrected chi connectivity index (χ2v) is 5.45. The van der Waals surface area contributed by atoms with Gasteiger partial charge in [0.05, 0.1) is 0 Å². The van der Waals surface area contributed by atoms with Gasteiger partial charge in [-0.25, -0.2) is 9.97 Å². The number of aromatic nitrogens is 2. The Morgan fingerprint density at radius 2 is 1.89 bits per heavy atom. The largest absolute Gasteiger partial charge is 0.384 e. The van der Waals surface area contributed by atoms with Crippen molar-refractivity contribution in [1.82, 2.24) is 9.97 Å². The zero-order chi connectivity index (χ0) is 13.4. The SMILES string of the molecule is NC(=O)C1CCN(c2cc(N)nc(C3CC3)n2)CC1. The molecule has 1 saturated heterocycles. The Bertz CT molecular complexity index is 492. The Labute approximate surface area is 112 Å². The quantitative estimate of drug-likeness (QED) is 0.832. The Morgan fingerprint density at radius 3 is 2.47 bits per heavy atom. The molecule has 3 rings (SSSR count). The van der Waals surface area contributed by atoms with Gasteiger partial charge in [0.15, 0.2) is 0 Å². The monoisotopic (exact) mass is 261 g/mol. The van der Waals surface area contributed by atoms with Gasteiger partial charge in [0.25, 0.3) is 0 Å². The van der Waals surface area contributed by atoms with Gasteiger partial charge in [0.1, 0.15) is 17.5 Å². The van der Waals surface area contributed by atoms with Crippen molar-refractivity contribution in [3.05, 3.63) is 11.9 Å². The second-order valence-electron chi connectivity index (χ2n) is 5.45. The number of amides is 1. The highest BCUT2D eigenvalue weighted by Crippen LogP contribution is 2.39. The van der Waals surface area contributed by atoms with Crippen molar-refractivity contribution in [3.8, 4) is 0 Å². The molecular weight excluding hydrogens is 242 g/mol. The number of nitrogens with two attached hydrogens (primary N) is 2. The van der Waals surface area contributed by atoms with Gasteiger partial charge in [-0.2, -0.15) is 0 Å². The summed E-state index contributed by atoms with van der Waals surface area (Å²) in [6.45, 7) is 1.60. The molecule has 2 aliphatic rings. The van der Waals surface area contributed by atoms with Gasteiger partial charge in [-0.05, 0) is 25.7 Å². The highest BCUT2D eigenvalue weighted by atomic mass is 16.1. The number of hydrogen-bond donors (Lipinski definition) is 2. The molecular formula is C13H19N5O. The second kappa shape index (κ2) is 4.68. The summed E-state index contributed by atoms with van der Waals surface area (Å²) in [5.41, 5.74) is 11.2. The minimum absolute atomic E-state index is 0.00154. The van der Waals surface area contributed by atoms with E-state index in [1.165, 1.54) is 0 Å². The number of hydrogen-bond acceptors (Lipinski definition) is 5. The molecule has 1 aromatic rings. The average molecular weight is 261 g/mol. The highest BCUT2D eigenvalue weighted by molar-refractivity contribution is 5.77. The summed E-state index contributed by atoms with van der Waals surface area (Å²) in [5, 5.41) is 0. The summed E-state index contributed by atoms with van der Waals surface area (Å²) in [5.74, 6) is 2.58. The number of anilines is 2. The highest BCUT2D eigenvalue weighted by Gasteiger charge is 2.29. The smallest absolute Gasteiger partial charge is 0.220 e. The number of carbonyl (C=O) groups is 1. The van der Waals surface area contributed by atoms with Crippen molar-refractivity contribution >= 4 is 17.5 Å². The van der Waals surface area contributed by atoms with Crippen LogP contribution < -0.4 is 16.4 Å². The summed E-state index contributed by atoms with van der Waals surface area (Å²) >= 11 is 0. The van der Waals surface area contributed by atoms with Crippen LogP contribution in [0.4, 0.5) is 11.6 Å². The van der Waals surface area contributed by atoms with Crippen molar-refractivity contribution in [2.45, 2.75) is 31.6 Å². The van der Waals surface area contributed by atoms with Crippen LogP contribution in [-0.2, 0) is 4.79 Å². The van der Waals surface area contributed by atoms with E-state index in [4.69, 9.17) is 11.5 Å². The molecule has 0 atom stereocenters. The third-order valence-corrected chi connectivity index (χ3v) is 3.91.